The Morgan fingerprint density at radius 1 is 1.08 bits per heavy atom. The van der Waals surface area contributed by atoms with Gasteiger partial charge in [0.25, 0.3) is 5.91 Å². The van der Waals surface area contributed by atoms with E-state index in [1.165, 1.54) is 12.3 Å². The van der Waals surface area contributed by atoms with Crippen LogP contribution in [0.5, 0.6) is 5.75 Å². The van der Waals surface area contributed by atoms with Crippen molar-refractivity contribution in [3.8, 4) is 5.75 Å². The van der Waals surface area contributed by atoms with Crippen LogP contribution in [0.4, 0.5) is 0 Å². The van der Waals surface area contributed by atoms with E-state index in [1.807, 2.05) is 0 Å². The minimum absolute atomic E-state index is 0.127. The van der Waals surface area contributed by atoms with E-state index in [9.17, 15) is 9.59 Å². The number of benzene rings is 1. The average molecular weight is 328 g/mol. The number of carbonyl (C=O) groups excluding carboxylic acids is 2. The Hall–Kier alpha value is -3.22. The molecule has 3 rings (SSSR count). The number of nitrogens with one attached hydrogen (secondary N) is 2. The molecule has 2 amide bonds. The number of furan rings is 2. The summed E-state index contributed by atoms with van der Waals surface area (Å²) in [6.07, 6.45) is 1.41. The molecule has 0 spiro atoms. The molecular formula is C17H16N2O5. The minimum Gasteiger partial charge on any atom is -0.497 e. The Bertz CT molecular complexity index is 922. The van der Waals surface area contributed by atoms with Crippen molar-refractivity contribution in [2.45, 2.75) is 13.8 Å². The molecule has 7 nitrogen and oxygen atoms in total. The van der Waals surface area contributed by atoms with Gasteiger partial charge in [-0.3, -0.25) is 20.4 Å². The maximum atomic E-state index is 12.3. The van der Waals surface area contributed by atoms with Crippen LogP contribution in [0.15, 0.2) is 39.4 Å². The third kappa shape index (κ3) is 2.71. The Kier molecular flexibility index (Phi) is 3.99. The average Bonchev–Trinajstić information content (AvgIpc) is 3.16. The summed E-state index contributed by atoms with van der Waals surface area (Å²) in [7, 11) is 1.57. The van der Waals surface area contributed by atoms with E-state index in [1.54, 1.807) is 39.2 Å². The van der Waals surface area contributed by atoms with Crippen molar-refractivity contribution in [1.29, 1.82) is 0 Å². The van der Waals surface area contributed by atoms with Crippen LogP contribution in [0.3, 0.4) is 0 Å². The molecule has 2 aromatic heterocycles. The number of aryl methyl sites for hydroxylation is 2. The fraction of sp³-hybridized carbons (Fsp3) is 0.176. The summed E-state index contributed by atoms with van der Waals surface area (Å²) in [6.45, 7) is 3.43. The van der Waals surface area contributed by atoms with Crippen LogP contribution >= 0.6 is 0 Å². The number of hydrogen-bond acceptors (Lipinski definition) is 5. The number of ether oxygens (including phenoxy) is 1. The molecule has 0 aliphatic heterocycles. The Balaban J connectivity index is 1.78. The lowest BCUT2D eigenvalue weighted by Crippen LogP contribution is -2.41. The first-order valence-corrected chi connectivity index (χ1v) is 7.23. The van der Waals surface area contributed by atoms with E-state index in [0.717, 1.165) is 5.39 Å². The molecule has 0 atom stereocenters. The predicted octanol–water partition coefficient (Wildman–Crippen LogP) is 2.73. The largest absolute Gasteiger partial charge is 0.497 e. The summed E-state index contributed by atoms with van der Waals surface area (Å²) in [6, 6.07) is 6.79. The van der Waals surface area contributed by atoms with Crippen LogP contribution < -0.4 is 15.6 Å². The molecule has 3 aromatic rings. The van der Waals surface area contributed by atoms with Crippen molar-refractivity contribution in [3.63, 3.8) is 0 Å². The van der Waals surface area contributed by atoms with Gasteiger partial charge in [0.15, 0.2) is 5.76 Å². The van der Waals surface area contributed by atoms with Gasteiger partial charge in [-0.05, 0) is 38.1 Å². The van der Waals surface area contributed by atoms with Gasteiger partial charge in [0, 0.05) is 10.9 Å². The standard InChI is InChI=1S/C17H16N2O5/c1-9-13-8-11(22-3)4-5-14(13)24-15(9)17(21)19-18-16(20)12-6-7-23-10(12)2/h4-8H,1-3H3,(H,18,20)(H,19,21). The molecule has 0 aliphatic carbocycles. The fourth-order valence-electron chi connectivity index (χ4n) is 2.40. The second-order valence-electron chi connectivity index (χ2n) is 5.22. The van der Waals surface area contributed by atoms with E-state index < -0.39 is 11.8 Å². The molecule has 0 bridgehead atoms. The number of carbonyl (C=O) groups is 2. The molecular weight excluding hydrogens is 312 g/mol. The summed E-state index contributed by atoms with van der Waals surface area (Å²) < 4.78 is 15.8. The zero-order chi connectivity index (χ0) is 17.3. The normalized spacial score (nSPS) is 10.6. The minimum atomic E-state index is -0.544. The predicted molar refractivity (Wildman–Crippen MR) is 85.9 cm³/mol. The molecule has 0 saturated carbocycles. The molecule has 124 valence electrons. The number of rotatable bonds is 3. The van der Waals surface area contributed by atoms with Crippen molar-refractivity contribution >= 4 is 22.8 Å². The van der Waals surface area contributed by atoms with Crippen molar-refractivity contribution in [2.75, 3.05) is 7.11 Å². The molecule has 0 unspecified atom stereocenters. The maximum absolute atomic E-state index is 12.3. The summed E-state index contributed by atoms with van der Waals surface area (Å²) in [5, 5.41) is 0.775. The van der Waals surface area contributed by atoms with E-state index >= 15 is 0 Å². The maximum Gasteiger partial charge on any atom is 0.305 e. The van der Waals surface area contributed by atoms with E-state index in [0.29, 0.717) is 28.2 Å². The van der Waals surface area contributed by atoms with Crippen LogP contribution in [-0.4, -0.2) is 18.9 Å². The molecule has 2 N–H and O–H groups in total. The highest BCUT2D eigenvalue weighted by atomic mass is 16.5. The third-order valence-corrected chi connectivity index (χ3v) is 3.74. The van der Waals surface area contributed by atoms with E-state index in [-0.39, 0.29) is 5.76 Å². The quantitative estimate of drug-likeness (QED) is 0.721. The molecule has 0 saturated heterocycles. The van der Waals surface area contributed by atoms with Crippen LogP contribution in [0.1, 0.15) is 32.2 Å². The molecule has 0 fully saturated rings. The lowest BCUT2D eigenvalue weighted by molar-refractivity contribution is 0.0830. The zero-order valence-electron chi connectivity index (χ0n) is 13.4. The summed E-state index contributed by atoms with van der Waals surface area (Å²) >= 11 is 0. The van der Waals surface area contributed by atoms with Crippen molar-refractivity contribution < 1.29 is 23.2 Å². The van der Waals surface area contributed by atoms with Crippen molar-refractivity contribution in [3.05, 3.63) is 53.2 Å². The fourth-order valence-corrected chi connectivity index (χ4v) is 2.40. The molecule has 2 heterocycles. The number of hydrazine groups is 1. The van der Waals surface area contributed by atoms with E-state index in [4.69, 9.17) is 13.6 Å². The third-order valence-electron chi connectivity index (χ3n) is 3.74. The molecule has 24 heavy (non-hydrogen) atoms. The number of methoxy groups -OCH3 is 1. The number of fused-ring (bicyclic) bond motifs is 1. The molecule has 0 aliphatic rings. The highest BCUT2D eigenvalue weighted by Gasteiger charge is 2.19. The Morgan fingerprint density at radius 3 is 2.50 bits per heavy atom. The van der Waals surface area contributed by atoms with Gasteiger partial charge in [0.2, 0.25) is 0 Å². The smallest absolute Gasteiger partial charge is 0.305 e. The Labute approximate surface area is 137 Å². The van der Waals surface area contributed by atoms with Crippen LogP contribution in [0, 0.1) is 13.8 Å². The van der Waals surface area contributed by atoms with Gasteiger partial charge < -0.3 is 13.6 Å². The number of hydrogen-bond donors (Lipinski definition) is 2. The van der Waals surface area contributed by atoms with Gasteiger partial charge in [-0.1, -0.05) is 0 Å². The van der Waals surface area contributed by atoms with Gasteiger partial charge in [-0.15, -0.1) is 0 Å². The molecule has 1 aromatic carbocycles. The lowest BCUT2D eigenvalue weighted by atomic mass is 10.1. The first-order chi connectivity index (χ1) is 11.5. The molecule has 0 radical (unpaired) electrons. The van der Waals surface area contributed by atoms with Crippen LogP contribution in [-0.2, 0) is 0 Å². The van der Waals surface area contributed by atoms with Gasteiger partial charge >= 0.3 is 5.91 Å². The highest BCUT2D eigenvalue weighted by Crippen LogP contribution is 2.28. The second-order valence-corrected chi connectivity index (χ2v) is 5.22. The number of amides is 2. The van der Waals surface area contributed by atoms with Gasteiger partial charge in [0.1, 0.15) is 17.1 Å². The van der Waals surface area contributed by atoms with Gasteiger partial charge in [0.05, 0.1) is 18.9 Å². The Morgan fingerprint density at radius 2 is 1.83 bits per heavy atom. The summed E-state index contributed by atoms with van der Waals surface area (Å²) in [5.74, 6) is 0.250. The van der Waals surface area contributed by atoms with Crippen molar-refractivity contribution in [1.82, 2.24) is 10.9 Å². The van der Waals surface area contributed by atoms with E-state index in [2.05, 4.69) is 10.9 Å². The van der Waals surface area contributed by atoms with Gasteiger partial charge in [-0.25, -0.2) is 0 Å². The zero-order valence-corrected chi connectivity index (χ0v) is 13.4. The van der Waals surface area contributed by atoms with Gasteiger partial charge in [-0.2, -0.15) is 0 Å². The SMILES string of the molecule is COc1ccc2oc(C(=O)NNC(=O)c3ccoc3C)c(C)c2c1. The van der Waals surface area contributed by atoms with Crippen LogP contribution in [0.25, 0.3) is 11.0 Å². The second kappa shape index (κ2) is 6.11. The topological polar surface area (TPSA) is 93.7 Å². The summed E-state index contributed by atoms with van der Waals surface area (Å²) in [4.78, 5) is 24.2. The highest BCUT2D eigenvalue weighted by molar-refractivity contribution is 6.01. The van der Waals surface area contributed by atoms with Crippen molar-refractivity contribution in [2.24, 2.45) is 0 Å². The lowest BCUT2D eigenvalue weighted by Gasteiger charge is -2.05. The first kappa shape index (κ1) is 15.7. The first-order valence-electron chi connectivity index (χ1n) is 7.23. The monoisotopic (exact) mass is 328 g/mol. The summed E-state index contributed by atoms with van der Waals surface area (Å²) in [5.41, 5.74) is 6.25. The molecule has 7 heteroatoms. The van der Waals surface area contributed by atoms with Crippen LogP contribution in [0.2, 0.25) is 0 Å².